The molecule has 1 aromatic carbocycles. The highest BCUT2D eigenvalue weighted by Crippen LogP contribution is 2.27. The van der Waals surface area contributed by atoms with Crippen LogP contribution in [0.1, 0.15) is 33.5 Å². The van der Waals surface area contributed by atoms with Gasteiger partial charge in [-0.2, -0.15) is 10.2 Å². The van der Waals surface area contributed by atoms with Crippen molar-refractivity contribution in [2.24, 2.45) is 12.8 Å². The molecule has 0 atom stereocenters. The van der Waals surface area contributed by atoms with Gasteiger partial charge >= 0.3 is 0 Å². The highest BCUT2D eigenvalue weighted by atomic mass is 16.2. The zero-order valence-corrected chi connectivity index (χ0v) is 16.9. The molecule has 4 rings (SSSR count). The van der Waals surface area contributed by atoms with Crippen LogP contribution in [0.5, 0.6) is 0 Å². The Kier molecular flexibility index (Phi) is 4.78. The smallest absolute Gasteiger partial charge is 0.271 e. The van der Waals surface area contributed by atoms with E-state index in [-0.39, 0.29) is 17.3 Å². The van der Waals surface area contributed by atoms with Crippen molar-refractivity contribution in [3.8, 4) is 11.3 Å². The standard InChI is InChI=1S/C21H21N7O2/c1-4-28-11-18(19(26-28)20(22)29)25-21(30)14-9-17(15-10-23-27(3)12(15)2)24-16-8-6-5-7-13(14)16/h5-11H,4H2,1-3H3,(H2,22,29)(H,25,30). The summed E-state index contributed by atoms with van der Waals surface area (Å²) >= 11 is 0. The molecule has 0 aliphatic heterocycles. The zero-order valence-electron chi connectivity index (χ0n) is 16.9. The Labute approximate surface area is 172 Å². The SMILES string of the molecule is CCn1cc(NC(=O)c2cc(-c3cnn(C)c3C)nc3ccccc23)c(C(N)=O)n1. The number of nitrogens with zero attached hydrogens (tertiary/aromatic N) is 5. The molecule has 0 radical (unpaired) electrons. The molecule has 9 nitrogen and oxygen atoms in total. The van der Waals surface area contributed by atoms with E-state index in [9.17, 15) is 9.59 Å². The van der Waals surface area contributed by atoms with Gasteiger partial charge in [0.05, 0.1) is 28.7 Å². The van der Waals surface area contributed by atoms with Gasteiger partial charge in [-0.3, -0.25) is 19.0 Å². The van der Waals surface area contributed by atoms with E-state index >= 15 is 0 Å². The fourth-order valence-electron chi connectivity index (χ4n) is 3.30. The highest BCUT2D eigenvalue weighted by molar-refractivity contribution is 6.14. The van der Waals surface area contributed by atoms with Gasteiger partial charge in [0.2, 0.25) is 0 Å². The number of nitrogens with one attached hydrogen (secondary N) is 1. The molecule has 0 fully saturated rings. The number of hydrogen-bond donors (Lipinski definition) is 2. The lowest BCUT2D eigenvalue weighted by molar-refractivity contribution is 0.0995. The first kappa shape index (κ1) is 19.3. The number of aromatic nitrogens is 5. The third kappa shape index (κ3) is 3.30. The molecule has 0 unspecified atom stereocenters. The summed E-state index contributed by atoms with van der Waals surface area (Å²) in [7, 11) is 1.85. The molecule has 0 saturated heterocycles. The van der Waals surface area contributed by atoms with E-state index in [1.165, 1.54) is 0 Å². The number of carbonyl (C=O) groups is 2. The van der Waals surface area contributed by atoms with Crippen LogP contribution < -0.4 is 11.1 Å². The van der Waals surface area contributed by atoms with Crippen LogP contribution >= 0.6 is 0 Å². The van der Waals surface area contributed by atoms with Crippen molar-refractivity contribution in [1.82, 2.24) is 24.5 Å². The van der Waals surface area contributed by atoms with E-state index in [0.29, 0.717) is 28.7 Å². The predicted octanol–water partition coefficient (Wildman–Crippen LogP) is 2.51. The Hall–Kier alpha value is -4.01. The Bertz CT molecular complexity index is 1290. The summed E-state index contributed by atoms with van der Waals surface area (Å²) in [6.07, 6.45) is 3.32. The fraction of sp³-hybridized carbons (Fsp3) is 0.190. The number of carbonyl (C=O) groups excluding carboxylic acids is 2. The number of primary amides is 1. The van der Waals surface area contributed by atoms with Crippen molar-refractivity contribution in [2.45, 2.75) is 20.4 Å². The van der Waals surface area contributed by atoms with Gasteiger partial charge in [0.1, 0.15) is 0 Å². The number of pyridine rings is 1. The summed E-state index contributed by atoms with van der Waals surface area (Å²) in [5.41, 5.74) is 9.25. The highest BCUT2D eigenvalue weighted by Gasteiger charge is 2.20. The van der Waals surface area contributed by atoms with Gasteiger partial charge in [0.15, 0.2) is 5.69 Å². The topological polar surface area (TPSA) is 121 Å². The van der Waals surface area contributed by atoms with E-state index in [2.05, 4.69) is 15.5 Å². The molecule has 9 heteroatoms. The Balaban J connectivity index is 1.82. The second-order valence-corrected chi connectivity index (χ2v) is 6.90. The summed E-state index contributed by atoms with van der Waals surface area (Å²) in [6, 6.07) is 9.13. The second-order valence-electron chi connectivity index (χ2n) is 6.90. The molecule has 152 valence electrons. The summed E-state index contributed by atoms with van der Waals surface area (Å²) in [5, 5.41) is 11.9. The third-order valence-corrected chi connectivity index (χ3v) is 5.04. The first-order valence-corrected chi connectivity index (χ1v) is 9.46. The number of aryl methyl sites for hydroxylation is 2. The third-order valence-electron chi connectivity index (χ3n) is 5.04. The normalized spacial score (nSPS) is 11.0. The quantitative estimate of drug-likeness (QED) is 0.530. The van der Waals surface area contributed by atoms with Gasteiger partial charge in [-0.25, -0.2) is 4.98 Å². The van der Waals surface area contributed by atoms with Crippen LogP contribution in [-0.2, 0) is 13.6 Å². The lowest BCUT2D eigenvalue weighted by Gasteiger charge is -2.10. The van der Waals surface area contributed by atoms with Gasteiger partial charge in [-0.1, -0.05) is 18.2 Å². The van der Waals surface area contributed by atoms with Crippen LogP contribution in [0.4, 0.5) is 5.69 Å². The van der Waals surface area contributed by atoms with Crippen LogP contribution in [0.15, 0.2) is 42.7 Å². The first-order chi connectivity index (χ1) is 14.4. The lowest BCUT2D eigenvalue weighted by atomic mass is 10.0. The molecule has 2 amide bonds. The van der Waals surface area contributed by atoms with E-state index in [1.54, 1.807) is 27.8 Å². The molecular formula is C21H21N7O2. The maximum absolute atomic E-state index is 13.2. The summed E-state index contributed by atoms with van der Waals surface area (Å²) < 4.78 is 3.30. The van der Waals surface area contributed by atoms with E-state index < -0.39 is 5.91 Å². The minimum Gasteiger partial charge on any atom is -0.364 e. The minimum atomic E-state index is -0.705. The summed E-state index contributed by atoms with van der Waals surface area (Å²) in [4.78, 5) is 29.7. The van der Waals surface area contributed by atoms with Gasteiger partial charge in [0, 0.05) is 36.4 Å². The average molecular weight is 403 g/mol. The first-order valence-electron chi connectivity index (χ1n) is 9.46. The van der Waals surface area contributed by atoms with Gasteiger partial charge in [-0.05, 0) is 26.0 Å². The van der Waals surface area contributed by atoms with Gasteiger partial charge in [0.25, 0.3) is 11.8 Å². The van der Waals surface area contributed by atoms with Gasteiger partial charge in [-0.15, -0.1) is 0 Å². The number of rotatable bonds is 5. The van der Waals surface area contributed by atoms with Crippen LogP contribution in [-0.4, -0.2) is 36.4 Å². The number of para-hydroxylation sites is 1. The number of amides is 2. The molecule has 0 aliphatic rings. The van der Waals surface area contributed by atoms with Crippen LogP contribution in [0.2, 0.25) is 0 Å². The van der Waals surface area contributed by atoms with Crippen molar-refractivity contribution in [1.29, 1.82) is 0 Å². The summed E-state index contributed by atoms with van der Waals surface area (Å²) in [5.74, 6) is -1.08. The van der Waals surface area contributed by atoms with Crippen molar-refractivity contribution in [2.75, 3.05) is 5.32 Å². The van der Waals surface area contributed by atoms with Crippen LogP contribution in [0, 0.1) is 6.92 Å². The Morgan fingerprint density at radius 1 is 1.23 bits per heavy atom. The van der Waals surface area contributed by atoms with E-state index in [0.717, 1.165) is 11.3 Å². The van der Waals surface area contributed by atoms with Crippen molar-refractivity contribution in [3.63, 3.8) is 0 Å². The largest absolute Gasteiger partial charge is 0.364 e. The number of nitrogens with two attached hydrogens (primary N) is 1. The minimum absolute atomic E-state index is 0.0203. The molecule has 4 aromatic rings. The monoisotopic (exact) mass is 403 g/mol. The second kappa shape index (κ2) is 7.43. The zero-order chi connectivity index (χ0) is 21.4. The van der Waals surface area contributed by atoms with Crippen molar-refractivity contribution in [3.05, 3.63) is 59.7 Å². The molecule has 0 spiro atoms. The maximum atomic E-state index is 13.2. The Morgan fingerprint density at radius 2 is 2.00 bits per heavy atom. The van der Waals surface area contributed by atoms with Crippen molar-refractivity contribution >= 4 is 28.4 Å². The molecule has 0 bridgehead atoms. The fourth-order valence-corrected chi connectivity index (χ4v) is 3.30. The Morgan fingerprint density at radius 3 is 2.67 bits per heavy atom. The molecule has 30 heavy (non-hydrogen) atoms. The summed E-state index contributed by atoms with van der Waals surface area (Å²) in [6.45, 7) is 4.36. The number of hydrogen-bond acceptors (Lipinski definition) is 5. The molecule has 0 saturated carbocycles. The average Bonchev–Trinajstić information content (AvgIpc) is 3.30. The molecule has 0 aliphatic carbocycles. The molecular weight excluding hydrogens is 382 g/mol. The molecule has 3 N–H and O–H groups in total. The number of benzene rings is 1. The van der Waals surface area contributed by atoms with Crippen molar-refractivity contribution < 1.29 is 9.59 Å². The molecule has 3 heterocycles. The van der Waals surface area contributed by atoms with Gasteiger partial charge < -0.3 is 11.1 Å². The molecule has 3 aromatic heterocycles. The number of anilines is 1. The maximum Gasteiger partial charge on any atom is 0.271 e. The predicted molar refractivity (Wildman–Crippen MR) is 113 cm³/mol. The van der Waals surface area contributed by atoms with E-state index in [1.807, 2.05) is 45.2 Å². The van der Waals surface area contributed by atoms with E-state index in [4.69, 9.17) is 10.7 Å². The number of fused-ring (bicyclic) bond motifs is 1. The van der Waals surface area contributed by atoms with Crippen LogP contribution in [0.25, 0.3) is 22.2 Å². The lowest BCUT2D eigenvalue weighted by Crippen LogP contribution is -2.18. The van der Waals surface area contributed by atoms with Crippen LogP contribution in [0.3, 0.4) is 0 Å².